The number of piperidine rings is 1. The number of carbonyl (C=O) groups is 1. The molecule has 0 spiro atoms. The second-order valence-electron chi connectivity index (χ2n) is 6.70. The third kappa shape index (κ3) is 4.20. The fraction of sp³-hybridized carbons (Fsp3) is 0.421. The molecule has 0 N–H and O–H groups in total. The molecule has 0 aliphatic carbocycles. The van der Waals surface area contributed by atoms with Crippen LogP contribution in [0.25, 0.3) is 0 Å². The summed E-state index contributed by atoms with van der Waals surface area (Å²) in [5, 5.41) is 0. The fourth-order valence-electron chi connectivity index (χ4n) is 3.27. The number of halogens is 1. The molecule has 0 atom stereocenters. The van der Waals surface area contributed by atoms with Crippen molar-refractivity contribution in [3.63, 3.8) is 0 Å². The van der Waals surface area contributed by atoms with Gasteiger partial charge in [-0.25, -0.2) is 4.39 Å². The first-order valence-electron chi connectivity index (χ1n) is 8.54. The van der Waals surface area contributed by atoms with Gasteiger partial charge in [-0.1, -0.05) is 0 Å². The maximum absolute atomic E-state index is 13.0. The van der Waals surface area contributed by atoms with Crippen molar-refractivity contribution in [2.75, 3.05) is 27.2 Å². The lowest BCUT2D eigenvalue weighted by Gasteiger charge is -2.32. The van der Waals surface area contributed by atoms with Crippen LogP contribution in [0, 0.1) is 5.82 Å². The Balaban J connectivity index is 1.66. The Kier molecular flexibility index (Phi) is 5.38. The van der Waals surface area contributed by atoms with Crippen molar-refractivity contribution in [2.24, 2.45) is 0 Å². The number of nitrogens with zero attached hydrogens (tertiary/aromatic N) is 4. The molecule has 1 aliphatic rings. The highest BCUT2D eigenvalue weighted by molar-refractivity contribution is 5.94. The molecule has 132 valence electrons. The van der Waals surface area contributed by atoms with Gasteiger partial charge in [-0.3, -0.25) is 14.8 Å². The molecular formula is C19H23FN4O. The number of aromatic nitrogens is 2. The summed E-state index contributed by atoms with van der Waals surface area (Å²) in [6, 6.07) is 5.74. The van der Waals surface area contributed by atoms with Crippen LogP contribution in [-0.2, 0) is 6.54 Å². The summed E-state index contributed by atoms with van der Waals surface area (Å²) >= 11 is 0. The number of likely N-dealkylation sites (tertiary alicyclic amines) is 1. The molecule has 0 unspecified atom stereocenters. The number of amides is 1. The van der Waals surface area contributed by atoms with Gasteiger partial charge in [0.15, 0.2) is 0 Å². The first kappa shape index (κ1) is 17.5. The lowest BCUT2D eigenvalue weighted by Crippen LogP contribution is -2.38. The van der Waals surface area contributed by atoms with E-state index in [4.69, 9.17) is 0 Å². The van der Waals surface area contributed by atoms with Gasteiger partial charge < -0.3 is 9.80 Å². The molecule has 6 heteroatoms. The van der Waals surface area contributed by atoms with Gasteiger partial charge in [-0.15, -0.1) is 0 Å². The average molecular weight is 342 g/mol. The maximum atomic E-state index is 13.0. The monoisotopic (exact) mass is 342 g/mol. The van der Waals surface area contributed by atoms with Crippen LogP contribution in [0.4, 0.5) is 4.39 Å². The van der Waals surface area contributed by atoms with Gasteiger partial charge in [0.05, 0.1) is 11.4 Å². The standard InChI is InChI=1S/C19H23FN4O/c1-23(2)13-17-18(22-10-9-21-17)14-7-11-24(12-8-14)19(25)15-3-5-16(20)6-4-15/h3-6,9-10,14H,7-8,11-13H2,1-2H3. The van der Waals surface area contributed by atoms with Crippen molar-refractivity contribution in [1.29, 1.82) is 0 Å². The number of hydrogen-bond donors (Lipinski definition) is 0. The number of carbonyl (C=O) groups excluding carboxylic acids is 1. The second kappa shape index (κ2) is 7.70. The lowest BCUT2D eigenvalue weighted by molar-refractivity contribution is 0.0711. The zero-order valence-electron chi connectivity index (χ0n) is 14.7. The lowest BCUT2D eigenvalue weighted by atomic mass is 9.91. The van der Waals surface area contributed by atoms with E-state index in [0.29, 0.717) is 24.6 Å². The largest absolute Gasteiger partial charge is 0.339 e. The van der Waals surface area contributed by atoms with Crippen LogP contribution in [0.2, 0.25) is 0 Å². The van der Waals surface area contributed by atoms with Crippen molar-refractivity contribution < 1.29 is 9.18 Å². The highest BCUT2D eigenvalue weighted by atomic mass is 19.1. The van der Waals surface area contributed by atoms with E-state index in [1.807, 2.05) is 19.0 Å². The highest BCUT2D eigenvalue weighted by Crippen LogP contribution is 2.29. The molecule has 2 aromatic rings. The van der Waals surface area contributed by atoms with Crippen LogP contribution in [0.15, 0.2) is 36.7 Å². The van der Waals surface area contributed by atoms with Crippen molar-refractivity contribution in [1.82, 2.24) is 19.8 Å². The Morgan fingerprint density at radius 2 is 1.80 bits per heavy atom. The van der Waals surface area contributed by atoms with Gasteiger partial charge in [0.2, 0.25) is 0 Å². The van der Waals surface area contributed by atoms with E-state index in [2.05, 4.69) is 14.9 Å². The maximum Gasteiger partial charge on any atom is 0.253 e. The summed E-state index contributed by atoms with van der Waals surface area (Å²) in [7, 11) is 4.03. The second-order valence-corrected chi connectivity index (χ2v) is 6.70. The fourth-order valence-corrected chi connectivity index (χ4v) is 3.27. The predicted octanol–water partition coefficient (Wildman–Crippen LogP) is 2.70. The van der Waals surface area contributed by atoms with Crippen LogP contribution in [0.1, 0.15) is 40.5 Å². The van der Waals surface area contributed by atoms with Crippen LogP contribution >= 0.6 is 0 Å². The Bertz CT molecular complexity index is 724. The van der Waals surface area contributed by atoms with Gasteiger partial charge in [-0.2, -0.15) is 0 Å². The van der Waals surface area contributed by atoms with Crippen LogP contribution in [0.3, 0.4) is 0 Å². The van der Waals surface area contributed by atoms with Crippen molar-refractivity contribution >= 4 is 5.91 Å². The molecule has 0 radical (unpaired) electrons. The molecule has 1 saturated heterocycles. The quantitative estimate of drug-likeness (QED) is 0.857. The van der Waals surface area contributed by atoms with E-state index in [1.54, 1.807) is 24.5 Å². The van der Waals surface area contributed by atoms with Crippen LogP contribution < -0.4 is 0 Å². The van der Waals surface area contributed by atoms with Gasteiger partial charge >= 0.3 is 0 Å². The minimum atomic E-state index is -0.327. The molecule has 3 rings (SSSR count). The first-order chi connectivity index (χ1) is 12.0. The average Bonchev–Trinajstić information content (AvgIpc) is 2.62. The molecule has 5 nitrogen and oxygen atoms in total. The van der Waals surface area contributed by atoms with Crippen LogP contribution in [0.5, 0.6) is 0 Å². The van der Waals surface area contributed by atoms with Gasteiger partial charge in [0.1, 0.15) is 5.82 Å². The van der Waals surface area contributed by atoms with Gasteiger partial charge in [0, 0.05) is 43.5 Å². The van der Waals surface area contributed by atoms with E-state index >= 15 is 0 Å². The van der Waals surface area contributed by atoms with E-state index in [-0.39, 0.29) is 11.7 Å². The van der Waals surface area contributed by atoms with Gasteiger partial charge in [-0.05, 0) is 51.2 Å². The molecule has 0 saturated carbocycles. The van der Waals surface area contributed by atoms with Crippen LogP contribution in [-0.4, -0.2) is 52.9 Å². The third-order valence-electron chi connectivity index (χ3n) is 4.53. The normalized spacial score (nSPS) is 15.6. The summed E-state index contributed by atoms with van der Waals surface area (Å²) in [5.41, 5.74) is 2.59. The SMILES string of the molecule is CN(C)Cc1nccnc1C1CCN(C(=O)c2ccc(F)cc2)CC1. The summed E-state index contributed by atoms with van der Waals surface area (Å²) in [4.78, 5) is 25.5. The zero-order valence-corrected chi connectivity index (χ0v) is 14.7. The minimum absolute atomic E-state index is 0.0360. The third-order valence-corrected chi connectivity index (χ3v) is 4.53. The van der Waals surface area contributed by atoms with Gasteiger partial charge in [0.25, 0.3) is 5.91 Å². The molecule has 1 aliphatic heterocycles. The Morgan fingerprint density at radius 3 is 2.44 bits per heavy atom. The Labute approximate surface area is 147 Å². The number of rotatable bonds is 4. The molecule has 1 aromatic carbocycles. The molecular weight excluding hydrogens is 319 g/mol. The smallest absolute Gasteiger partial charge is 0.253 e. The molecule has 0 bridgehead atoms. The predicted molar refractivity (Wildman–Crippen MR) is 93.7 cm³/mol. The van der Waals surface area contributed by atoms with E-state index in [1.165, 1.54) is 12.1 Å². The molecule has 1 fully saturated rings. The summed E-state index contributed by atoms with van der Waals surface area (Å²) in [6.45, 7) is 2.12. The summed E-state index contributed by atoms with van der Waals surface area (Å²) < 4.78 is 13.0. The van der Waals surface area contributed by atoms with E-state index in [9.17, 15) is 9.18 Å². The highest BCUT2D eigenvalue weighted by Gasteiger charge is 2.27. The van der Waals surface area contributed by atoms with E-state index < -0.39 is 0 Å². The molecule has 1 amide bonds. The first-order valence-corrected chi connectivity index (χ1v) is 8.54. The van der Waals surface area contributed by atoms with Crippen molar-refractivity contribution in [3.8, 4) is 0 Å². The summed E-state index contributed by atoms with van der Waals surface area (Å²) in [5.74, 6) is -0.0432. The van der Waals surface area contributed by atoms with E-state index in [0.717, 1.165) is 30.8 Å². The number of hydrogen-bond acceptors (Lipinski definition) is 4. The van der Waals surface area contributed by atoms with Crippen molar-refractivity contribution in [3.05, 3.63) is 59.4 Å². The van der Waals surface area contributed by atoms with Crippen molar-refractivity contribution in [2.45, 2.75) is 25.3 Å². The Morgan fingerprint density at radius 1 is 1.16 bits per heavy atom. The minimum Gasteiger partial charge on any atom is -0.339 e. The molecule has 25 heavy (non-hydrogen) atoms. The topological polar surface area (TPSA) is 49.3 Å². The Hall–Kier alpha value is -2.34. The molecule has 2 heterocycles. The molecule has 1 aromatic heterocycles. The summed E-state index contributed by atoms with van der Waals surface area (Å²) in [6.07, 6.45) is 5.21. The zero-order chi connectivity index (χ0) is 17.8. The number of benzene rings is 1.